The summed E-state index contributed by atoms with van der Waals surface area (Å²) in [5, 5.41) is 21.0. The van der Waals surface area contributed by atoms with Gasteiger partial charge in [-0.25, -0.2) is 8.42 Å². The van der Waals surface area contributed by atoms with E-state index in [1.54, 1.807) is 0 Å². The zero-order valence-electron chi connectivity index (χ0n) is 24.6. The summed E-state index contributed by atoms with van der Waals surface area (Å²) in [5.41, 5.74) is 2.65. The Bertz CT molecular complexity index is 1150. The average Bonchev–Trinajstić information content (AvgIpc) is 3.20. The lowest BCUT2D eigenvalue weighted by Gasteiger charge is -2.53. The normalized spacial score (nSPS) is 29.6. The number of benzene rings is 1. The lowest BCUT2D eigenvalue weighted by atomic mass is 9.52. The van der Waals surface area contributed by atoms with Crippen molar-refractivity contribution in [1.82, 2.24) is 0 Å². The predicted molar refractivity (Wildman–Crippen MR) is 153 cm³/mol. The molecule has 3 aliphatic rings. The summed E-state index contributed by atoms with van der Waals surface area (Å²) in [6.45, 7) is 2.28. The van der Waals surface area contributed by atoms with Crippen LogP contribution in [-0.4, -0.2) is 48.3 Å². The smallest absolute Gasteiger partial charge is 0.453 e. The van der Waals surface area contributed by atoms with Gasteiger partial charge >= 0.3 is 12.1 Å². The number of alkyl halides is 5. The van der Waals surface area contributed by atoms with Gasteiger partial charge in [0, 0.05) is 6.42 Å². The van der Waals surface area contributed by atoms with Crippen molar-refractivity contribution in [2.75, 3.05) is 11.5 Å². The molecule has 0 aliphatic heterocycles. The second-order valence-electron chi connectivity index (χ2n) is 13.5. The minimum absolute atomic E-state index is 0.00450. The van der Waals surface area contributed by atoms with Crippen LogP contribution in [-0.2, 0) is 16.3 Å². The van der Waals surface area contributed by atoms with E-state index in [2.05, 4.69) is 13.0 Å². The molecular formula is C32H47F5O4S. The van der Waals surface area contributed by atoms with Crippen molar-refractivity contribution in [1.29, 1.82) is 0 Å². The molecule has 4 rings (SSSR count). The molecule has 6 unspecified atom stereocenters. The number of rotatable bonds is 14. The molecule has 2 N–H and O–H groups in total. The molecule has 3 aliphatic carbocycles. The van der Waals surface area contributed by atoms with Gasteiger partial charge in [-0.2, -0.15) is 22.0 Å². The molecule has 240 valence electrons. The SMILES string of the molecule is CC12CCC3c4ccc(O)cc4CC(CCCCCCCCCS(=O)(=O)CCCC(F)(F)C(F)(F)F)C3C1CCC2O. The number of unbranched alkanes of at least 4 members (excludes halogenated alkanes) is 6. The highest BCUT2D eigenvalue weighted by Gasteiger charge is 2.57. The predicted octanol–water partition coefficient (Wildman–Crippen LogP) is 8.35. The van der Waals surface area contributed by atoms with Gasteiger partial charge < -0.3 is 10.2 Å². The number of hydrogen-bond donors (Lipinski definition) is 2. The Balaban J connectivity index is 1.17. The molecule has 0 heterocycles. The Morgan fingerprint density at radius 3 is 2.24 bits per heavy atom. The fourth-order valence-electron chi connectivity index (χ4n) is 8.40. The number of halogens is 5. The van der Waals surface area contributed by atoms with Crippen LogP contribution >= 0.6 is 0 Å². The molecule has 1 aromatic carbocycles. The number of phenols is 1. The standard InChI is InChI=1S/C32H47F5O4S/c1-30-17-15-26-25-12-11-24(38)21-23(25)20-22(29(26)27(30)13-14-28(30)39)10-7-5-3-2-4-6-8-18-42(40,41)19-9-16-31(33,34)32(35,36)37/h11-12,21-22,26-29,38-39H,2-10,13-20H2,1H3. The highest BCUT2D eigenvalue weighted by Crippen LogP contribution is 2.62. The first-order valence-corrected chi connectivity index (χ1v) is 17.6. The van der Waals surface area contributed by atoms with Crippen LogP contribution in [0.5, 0.6) is 5.75 Å². The van der Waals surface area contributed by atoms with Crippen LogP contribution in [0, 0.1) is 23.2 Å². The maximum Gasteiger partial charge on any atom is 0.453 e. The number of fused-ring (bicyclic) bond motifs is 5. The Morgan fingerprint density at radius 2 is 1.55 bits per heavy atom. The molecule has 0 radical (unpaired) electrons. The fourth-order valence-corrected chi connectivity index (χ4v) is 9.83. The van der Waals surface area contributed by atoms with E-state index in [9.17, 15) is 40.6 Å². The Kier molecular flexibility index (Phi) is 10.6. The van der Waals surface area contributed by atoms with Crippen LogP contribution in [0.2, 0.25) is 0 Å². The van der Waals surface area contributed by atoms with Gasteiger partial charge in [-0.3, -0.25) is 0 Å². The minimum Gasteiger partial charge on any atom is -0.508 e. The number of phenolic OH excluding ortho intramolecular Hbond substituents is 1. The summed E-state index contributed by atoms with van der Waals surface area (Å²) < 4.78 is 86.8. The summed E-state index contributed by atoms with van der Waals surface area (Å²) in [4.78, 5) is 0. The second kappa shape index (κ2) is 13.3. The lowest BCUT2D eigenvalue weighted by molar-refractivity contribution is -0.284. The van der Waals surface area contributed by atoms with Crippen LogP contribution in [0.25, 0.3) is 0 Å². The molecule has 42 heavy (non-hydrogen) atoms. The zero-order chi connectivity index (χ0) is 30.8. The molecule has 6 atom stereocenters. The number of aromatic hydroxyl groups is 1. The third kappa shape index (κ3) is 7.62. The summed E-state index contributed by atoms with van der Waals surface area (Å²) in [6, 6.07) is 5.86. The minimum atomic E-state index is -5.65. The topological polar surface area (TPSA) is 74.6 Å². The summed E-state index contributed by atoms with van der Waals surface area (Å²) in [5.74, 6) is -3.27. The molecule has 2 saturated carbocycles. The molecule has 1 aromatic rings. The molecule has 4 nitrogen and oxygen atoms in total. The first-order valence-electron chi connectivity index (χ1n) is 15.8. The number of sulfone groups is 1. The molecule has 0 amide bonds. The summed E-state index contributed by atoms with van der Waals surface area (Å²) >= 11 is 0. The van der Waals surface area contributed by atoms with Gasteiger partial charge in [-0.05, 0) is 104 Å². The third-order valence-corrected chi connectivity index (χ3v) is 12.5. The van der Waals surface area contributed by atoms with E-state index in [0.717, 1.165) is 70.6 Å². The van der Waals surface area contributed by atoms with Crippen LogP contribution < -0.4 is 0 Å². The van der Waals surface area contributed by atoms with E-state index in [-0.39, 0.29) is 17.3 Å². The first kappa shape index (κ1) is 33.5. The zero-order valence-corrected chi connectivity index (χ0v) is 25.5. The number of hydrogen-bond acceptors (Lipinski definition) is 4. The van der Waals surface area contributed by atoms with Crippen molar-refractivity contribution in [2.45, 2.75) is 127 Å². The number of aliphatic hydroxyl groups is 1. The van der Waals surface area contributed by atoms with Crippen molar-refractivity contribution in [3.8, 4) is 5.75 Å². The second-order valence-corrected chi connectivity index (χ2v) is 15.8. The van der Waals surface area contributed by atoms with Crippen LogP contribution in [0.3, 0.4) is 0 Å². The van der Waals surface area contributed by atoms with Gasteiger partial charge in [-0.15, -0.1) is 0 Å². The van der Waals surface area contributed by atoms with Crippen molar-refractivity contribution in [3.05, 3.63) is 29.3 Å². The molecule has 0 bridgehead atoms. The Hall–Kier alpha value is -1.42. The monoisotopic (exact) mass is 622 g/mol. The largest absolute Gasteiger partial charge is 0.508 e. The van der Waals surface area contributed by atoms with E-state index in [4.69, 9.17) is 0 Å². The van der Waals surface area contributed by atoms with Crippen molar-refractivity contribution < 1.29 is 40.6 Å². The quantitative estimate of drug-likeness (QED) is 0.162. The molecule has 10 heteroatoms. The van der Waals surface area contributed by atoms with Crippen LogP contribution in [0.1, 0.15) is 114 Å². The van der Waals surface area contributed by atoms with Gasteiger partial charge in [-0.1, -0.05) is 51.5 Å². The maximum absolute atomic E-state index is 13.0. The fraction of sp³-hybridized carbons (Fsp3) is 0.812. The molecule has 0 spiro atoms. The van der Waals surface area contributed by atoms with Gasteiger partial charge in [0.25, 0.3) is 0 Å². The van der Waals surface area contributed by atoms with Gasteiger partial charge in [0.1, 0.15) is 15.6 Å². The van der Waals surface area contributed by atoms with E-state index in [1.165, 1.54) is 11.1 Å². The van der Waals surface area contributed by atoms with E-state index < -0.39 is 40.5 Å². The average molecular weight is 623 g/mol. The van der Waals surface area contributed by atoms with Gasteiger partial charge in [0.15, 0.2) is 0 Å². The highest BCUT2D eigenvalue weighted by molar-refractivity contribution is 7.91. The maximum atomic E-state index is 13.0. The first-order chi connectivity index (χ1) is 19.6. The van der Waals surface area contributed by atoms with Gasteiger partial charge in [0.05, 0.1) is 17.6 Å². The third-order valence-electron chi connectivity index (χ3n) is 10.7. The lowest BCUT2D eigenvalue weighted by Crippen LogP contribution is -2.47. The molecule has 0 aromatic heterocycles. The van der Waals surface area contributed by atoms with Gasteiger partial charge in [0.2, 0.25) is 0 Å². The summed E-state index contributed by atoms with van der Waals surface area (Å²) in [7, 11) is -3.64. The Labute approximate surface area is 247 Å². The Morgan fingerprint density at radius 1 is 0.905 bits per heavy atom. The van der Waals surface area contributed by atoms with Crippen LogP contribution in [0.4, 0.5) is 22.0 Å². The van der Waals surface area contributed by atoms with Crippen molar-refractivity contribution in [2.24, 2.45) is 23.2 Å². The van der Waals surface area contributed by atoms with Crippen molar-refractivity contribution >= 4 is 9.84 Å². The van der Waals surface area contributed by atoms with Crippen molar-refractivity contribution in [3.63, 3.8) is 0 Å². The highest BCUT2D eigenvalue weighted by atomic mass is 32.2. The number of aliphatic hydroxyl groups excluding tert-OH is 1. The van der Waals surface area contributed by atoms with E-state index >= 15 is 0 Å². The molecule has 0 saturated heterocycles. The van der Waals surface area contributed by atoms with E-state index in [0.29, 0.717) is 42.3 Å². The summed E-state index contributed by atoms with van der Waals surface area (Å²) in [6.07, 6.45) is 4.22. The molecular weight excluding hydrogens is 575 g/mol. The van der Waals surface area contributed by atoms with Crippen LogP contribution in [0.15, 0.2) is 18.2 Å². The van der Waals surface area contributed by atoms with E-state index in [1.807, 2.05) is 12.1 Å². The molecule has 2 fully saturated rings.